The highest BCUT2D eigenvalue weighted by atomic mass is 16.8. The molecule has 1 saturated heterocycles. The second kappa shape index (κ2) is 3.16. The van der Waals surface area contributed by atoms with Crippen molar-refractivity contribution in [1.29, 1.82) is 0 Å². The van der Waals surface area contributed by atoms with Gasteiger partial charge in [-0.25, -0.2) is 4.79 Å². The summed E-state index contributed by atoms with van der Waals surface area (Å²) >= 11 is 0. The van der Waals surface area contributed by atoms with Crippen LogP contribution in [0.15, 0.2) is 0 Å². The van der Waals surface area contributed by atoms with Crippen molar-refractivity contribution in [2.24, 2.45) is 17.6 Å². The van der Waals surface area contributed by atoms with Crippen molar-refractivity contribution in [2.75, 3.05) is 13.1 Å². The monoisotopic (exact) mass is 186 g/mol. The maximum Gasteiger partial charge on any atom is 0.525 e. The molecule has 5 heteroatoms. The van der Waals surface area contributed by atoms with Crippen LogP contribution in [0, 0.1) is 11.8 Å². The van der Waals surface area contributed by atoms with Crippen LogP contribution in [0.25, 0.3) is 0 Å². The molecular formula is C8H14N2O3. The number of hydrogen-bond acceptors (Lipinski definition) is 4. The topological polar surface area (TPSA) is 75.8 Å². The summed E-state index contributed by atoms with van der Waals surface area (Å²) in [6, 6.07) is 0.307. The average Bonchev–Trinajstić information content (AvgIpc) is 2.41. The third kappa shape index (κ3) is 1.76. The summed E-state index contributed by atoms with van der Waals surface area (Å²) in [6.07, 6.45) is 0.790. The number of nitrogens with two attached hydrogens (primary N) is 1. The van der Waals surface area contributed by atoms with E-state index < -0.39 is 6.16 Å². The van der Waals surface area contributed by atoms with E-state index in [0.717, 1.165) is 12.8 Å². The smallest absolute Gasteiger partial charge is 0.448 e. The summed E-state index contributed by atoms with van der Waals surface area (Å²) in [7, 11) is 0. The second-order valence-electron chi connectivity index (χ2n) is 3.96. The molecule has 1 saturated carbocycles. The van der Waals surface area contributed by atoms with Gasteiger partial charge in [0.1, 0.15) is 0 Å². The lowest BCUT2D eigenvalue weighted by atomic mass is 10.0. The van der Waals surface area contributed by atoms with Crippen molar-refractivity contribution >= 4 is 6.16 Å². The molecule has 5 nitrogen and oxygen atoms in total. The van der Waals surface area contributed by atoms with E-state index in [1.165, 1.54) is 5.06 Å². The Hall–Kier alpha value is -0.810. The quantitative estimate of drug-likeness (QED) is 0.614. The van der Waals surface area contributed by atoms with Crippen LogP contribution in [0.2, 0.25) is 0 Å². The van der Waals surface area contributed by atoms with Gasteiger partial charge in [0.15, 0.2) is 0 Å². The standard InChI is InChI=1S/C8H14N2O3/c9-7-1-5-3-10(13-8(11)12)4-6(5)2-7/h5-7H,1-4,9H2,(H,11,12)/t5-,6+,7?. The van der Waals surface area contributed by atoms with Crippen molar-refractivity contribution < 1.29 is 14.7 Å². The second-order valence-corrected chi connectivity index (χ2v) is 3.96. The molecule has 0 aromatic rings. The normalized spacial score (nSPS) is 39.0. The van der Waals surface area contributed by atoms with Gasteiger partial charge in [0.2, 0.25) is 0 Å². The number of hydroxylamine groups is 2. The van der Waals surface area contributed by atoms with E-state index in [4.69, 9.17) is 10.8 Å². The molecule has 2 aliphatic rings. The van der Waals surface area contributed by atoms with E-state index in [9.17, 15) is 4.79 Å². The first-order valence-corrected chi connectivity index (χ1v) is 4.56. The summed E-state index contributed by atoms with van der Waals surface area (Å²) in [4.78, 5) is 14.8. The first kappa shape index (κ1) is 8.77. The van der Waals surface area contributed by atoms with Crippen LogP contribution < -0.4 is 5.73 Å². The van der Waals surface area contributed by atoms with E-state index in [1.54, 1.807) is 0 Å². The Balaban J connectivity index is 1.86. The Kier molecular flexibility index (Phi) is 2.13. The van der Waals surface area contributed by atoms with Gasteiger partial charge in [0.25, 0.3) is 0 Å². The van der Waals surface area contributed by atoms with Crippen molar-refractivity contribution in [3.8, 4) is 0 Å². The lowest BCUT2D eigenvalue weighted by Crippen LogP contribution is -2.27. The third-order valence-electron chi connectivity index (χ3n) is 2.96. The predicted octanol–water partition coefficient (Wildman–Crippen LogP) is 0.265. The van der Waals surface area contributed by atoms with Gasteiger partial charge in [-0.3, -0.25) is 0 Å². The van der Waals surface area contributed by atoms with E-state index in [1.807, 2.05) is 0 Å². The minimum atomic E-state index is -1.22. The number of fused-ring (bicyclic) bond motifs is 1. The molecule has 1 unspecified atom stereocenters. The molecule has 2 fully saturated rings. The summed E-state index contributed by atoms with van der Waals surface area (Å²) < 4.78 is 0. The number of carboxylic acid groups (broad SMARTS) is 1. The van der Waals surface area contributed by atoms with Crippen LogP contribution in [0.1, 0.15) is 12.8 Å². The summed E-state index contributed by atoms with van der Waals surface area (Å²) in [6.45, 7) is 1.43. The van der Waals surface area contributed by atoms with E-state index in [-0.39, 0.29) is 0 Å². The SMILES string of the molecule is NC1C[C@@H]2CN(OC(=O)O)C[C@@H]2C1. The molecule has 0 amide bonds. The fourth-order valence-corrected chi connectivity index (χ4v) is 2.49. The van der Waals surface area contributed by atoms with E-state index in [0.29, 0.717) is 31.0 Å². The Morgan fingerprint density at radius 2 is 1.92 bits per heavy atom. The Bertz CT molecular complexity index is 207. The summed E-state index contributed by atoms with van der Waals surface area (Å²) in [5.74, 6) is 1.07. The zero-order valence-corrected chi connectivity index (χ0v) is 7.35. The van der Waals surface area contributed by atoms with Gasteiger partial charge >= 0.3 is 6.16 Å². The van der Waals surface area contributed by atoms with Crippen molar-refractivity contribution in [3.63, 3.8) is 0 Å². The van der Waals surface area contributed by atoms with Gasteiger partial charge < -0.3 is 15.7 Å². The Labute approximate surface area is 76.4 Å². The van der Waals surface area contributed by atoms with Gasteiger partial charge in [-0.15, -0.1) is 5.06 Å². The molecule has 1 heterocycles. The first-order valence-electron chi connectivity index (χ1n) is 4.56. The fourth-order valence-electron chi connectivity index (χ4n) is 2.49. The minimum absolute atomic E-state index is 0.307. The predicted molar refractivity (Wildman–Crippen MR) is 44.9 cm³/mol. The maximum absolute atomic E-state index is 10.3. The molecule has 3 N–H and O–H groups in total. The largest absolute Gasteiger partial charge is 0.525 e. The Morgan fingerprint density at radius 3 is 2.38 bits per heavy atom. The highest BCUT2D eigenvalue weighted by Crippen LogP contribution is 2.37. The van der Waals surface area contributed by atoms with Crippen LogP contribution in [0.4, 0.5) is 4.79 Å². The molecule has 13 heavy (non-hydrogen) atoms. The molecule has 1 aliphatic heterocycles. The number of hydrogen-bond donors (Lipinski definition) is 2. The van der Waals surface area contributed by atoms with Crippen LogP contribution >= 0.6 is 0 Å². The van der Waals surface area contributed by atoms with Gasteiger partial charge in [0, 0.05) is 19.1 Å². The van der Waals surface area contributed by atoms with Crippen LogP contribution in [0.5, 0.6) is 0 Å². The third-order valence-corrected chi connectivity index (χ3v) is 2.96. The summed E-state index contributed by atoms with van der Waals surface area (Å²) in [5.41, 5.74) is 5.80. The zero-order valence-electron chi connectivity index (χ0n) is 7.35. The molecule has 3 atom stereocenters. The molecule has 0 radical (unpaired) electrons. The average molecular weight is 186 g/mol. The van der Waals surface area contributed by atoms with Gasteiger partial charge in [0.05, 0.1) is 0 Å². The van der Waals surface area contributed by atoms with Crippen molar-refractivity contribution in [2.45, 2.75) is 18.9 Å². The number of rotatable bonds is 1. The molecule has 0 aromatic heterocycles. The summed E-state index contributed by atoms with van der Waals surface area (Å²) in [5, 5.41) is 9.93. The van der Waals surface area contributed by atoms with Crippen molar-refractivity contribution in [1.82, 2.24) is 5.06 Å². The zero-order chi connectivity index (χ0) is 9.42. The van der Waals surface area contributed by atoms with Gasteiger partial charge in [-0.2, -0.15) is 0 Å². The number of nitrogens with zero attached hydrogens (tertiary/aromatic N) is 1. The maximum atomic E-state index is 10.3. The molecule has 0 spiro atoms. The molecular weight excluding hydrogens is 172 g/mol. The molecule has 1 aliphatic carbocycles. The van der Waals surface area contributed by atoms with E-state index in [2.05, 4.69) is 4.84 Å². The minimum Gasteiger partial charge on any atom is -0.448 e. The highest BCUT2D eigenvalue weighted by molar-refractivity contribution is 5.56. The lowest BCUT2D eigenvalue weighted by Gasteiger charge is -2.14. The first-order chi connectivity index (χ1) is 6.15. The van der Waals surface area contributed by atoms with E-state index >= 15 is 0 Å². The van der Waals surface area contributed by atoms with Crippen LogP contribution in [-0.4, -0.2) is 35.5 Å². The van der Waals surface area contributed by atoms with Crippen molar-refractivity contribution in [3.05, 3.63) is 0 Å². The fraction of sp³-hybridized carbons (Fsp3) is 0.875. The molecule has 74 valence electrons. The highest BCUT2D eigenvalue weighted by Gasteiger charge is 2.41. The number of carbonyl (C=O) groups is 1. The van der Waals surface area contributed by atoms with Gasteiger partial charge in [-0.1, -0.05) is 0 Å². The molecule has 0 bridgehead atoms. The lowest BCUT2D eigenvalue weighted by molar-refractivity contribution is -0.108. The van der Waals surface area contributed by atoms with Gasteiger partial charge in [-0.05, 0) is 24.7 Å². The Morgan fingerprint density at radius 1 is 1.38 bits per heavy atom. The molecule has 2 rings (SSSR count). The van der Waals surface area contributed by atoms with Crippen LogP contribution in [0.3, 0.4) is 0 Å². The van der Waals surface area contributed by atoms with Crippen LogP contribution in [-0.2, 0) is 4.84 Å². The molecule has 0 aromatic carbocycles.